The number of fused-ring (bicyclic) bond motifs is 2. The van der Waals surface area contributed by atoms with Gasteiger partial charge in [-0.2, -0.15) is 0 Å². The van der Waals surface area contributed by atoms with Crippen molar-refractivity contribution in [1.29, 1.82) is 0 Å². The van der Waals surface area contributed by atoms with Crippen LogP contribution >= 0.6 is 0 Å². The number of rotatable bonds is 0. The van der Waals surface area contributed by atoms with Crippen LogP contribution in [0.1, 0.15) is 12.0 Å². The zero-order chi connectivity index (χ0) is 10.1. The number of hydrogen-bond donors (Lipinski definition) is 0. The lowest BCUT2D eigenvalue weighted by Gasteiger charge is -2.11. The zero-order valence-electron chi connectivity index (χ0n) is 8.48. The Morgan fingerprint density at radius 2 is 2.00 bits per heavy atom. The molecule has 0 saturated carbocycles. The molecular weight excluding hydrogens is 182 g/mol. The van der Waals surface area contributed by atoms with E-state index in [-0.39, 0.29) is 0 Å². The summed E-state index contributed by atoms with van der Waals surface area (Å²) in [6.07, 6.45) is 10.7. The Balaban J connectivity index is 2.07. The zero-order valence-corrected chi connectivity index (χ0v) is 8.48. The van der Waals surface area contributed by atoms with Gasteiger partial charge in [0.25, 0.3) is 0 Å². The Morgan fingerprint density at radius 1 is 1.07 bits per heavy atom. The monoisotopic (exact) mass is 194 g/mol. The fraction of sp³-hybridized carbons (Fsp3) is 0.143. The highest BCUT2D eigenvalue weighted by molar-refractivity contribution is 5.54. The normalized spacial score (nSPS) is 17.9. The predicted octanol–water partition coefficient (Wildman–Crippen LogP) is 3.25. The lowest BCUT2D eigenvalue weighted by atomic mass is 10.0. The Morgan fingerprint density at radius 3 is 3.00 bits per heavy atom. The number of hydrogen-bond acceptors (Lipinski definition) is 0. The summed E-state index contributed by atoms with van der Waals surface area (Å²) < 4.78 is 0. The first-order valence-electron chi connectivity index (χ1n) is 5.29. The molecule has 0 fully saturated rings. The van der Waals surface area contributed by atoms with Crippen LogP contribution < -0.4 is 5.32 Å². The first kappa shape index (κ1) is 8.54. The molecule has 0 unspecified atom stereocenters. The molecule has 1 heterocycles. The van der Waals surface area contributed by atoms with Gasteiger partial charge in [0.15, 0.2) is 0 Å². The van der Waals surface area contributed by atoms with Gasteiger partial charge < -0.3 is 0 Å². The minimum Gasteiger partial charge on any atom is -0.248 e. The third-order valence-electron chi connectivity index (χ3n) is 2.86. The summed E-state index contributed by atoms with van der Waals surface area (Å²) in [6, 6.07) is 8.37. The van der Waals surface area contributed by atoms with Crippen molar-refractivity contribution in [2.45, 2.75) is 12.8 Å². The molecule has 73 valence electrons. The highest BCUT2D eigenvalue weighted by atomic mass is 14.9. The van der Waals surface area contributed by atoms with Crippen LogP contribution in [0, 0.1) is 0 Å². The van der Waals surface area contributed by atoms with Crippen molar-refractivity contribution in [3.05, 3.63) is 65.4 Å². The van der Waals surface area contributed by atoms with E-state index in [1.807, 2.05) is 6.07 Å². The van der Waals surface area contributed by atoms with Crippen molar-refractivity contribution in [2.24, 2.45) is 0 Å². The van der Waals surface area contributed by atoms with Gasteiger partial charge in [-0.05, 0) is 36.1 Å². The molecule has 1 aliphatic heterocycles. The van der Waals surface area contributed by atoms with Crippen LogP contribution in [0.3, 0.4) is 0 Å². The summed E-state index contributed by atoms with van der Waals surface area (Å²) in [5.41, 5.74) is 4.92. The van der Waals surface area contributed by atoms with Crippen molar-refractivity contribution in [3.63, 3.8) is 0 Å². The minimum absolute atomic E-state index is 1.00. The van der Waals surface area contributed by atoms with Crippen LogP contribution in [0.25, 0.3) is 0 Å². The van der Waals surface area contributed by atoms with Crippen molar-refractivity contribution < 1.29 is 0 Å². The number of nitrogens with zero attached hydrogens (tertiary/aromatic N) is 1. The molecule has 0 amide bonds. The van der Waals surface area contributed by atoms with Gasteiger partial charge in [-0.1, -0.05) is 36.4 Å². The van der Waals surface area contributed by atoms with Crippen molar-refractivity contribution in [1.82, 2.24) is 5.32 Å². The highest BCUT2D eigenvalue weighted by Gasteiger charge is 2.14. The maximum atomic E-state index is 4.70. The summed E-state index contributed by atoms with van der Waals surface area (Å²) >= 11 is 0. The molecule has 1 aromatic rings. The summed E-state index contributed by atoms with van der Waals surface area (Å²) in [6.45, 7) is 0. The van der Waals surface area contributed by atoms with Crippen molar-refractivity contribution >= 4 is 5.69 Å². The molecule has 2 aliphatic rings. The molecule has 0 bridgehead atoms. The largest absolute Gasteiger partial charge is 0.248 e. The third kappa shape index (κ3) is 1.50. The van der Waals surface area contributed by atoms with Gasteiger partial charge in [0, 0.05) is 0 Å². The highest BCUT2D eigenvalue weighted by Crippen LogP contribution is 2.28. The summed E-state index contributed by atoms with van der Waals surface area (Å²) in [7, 11) is 0. The van der Waals surface area contributed by atoms with Crippen LogP contribution in [0.5, 0.6) is 0 Å². The maximum absolute atomic E-state index is 4.70. The molecule has 0 N–H and O–H groups in total. The number of para-hydroxylation sites is 1. The molecule has 0 saturated heterocycles. The van der Waals surface area contributed by atoms with Gasteiger partial charge in [0.1, 0.15) is 0 Å². The molecule has 3 rings (SSSR count). The second kappa shape index (κ2) is 3.43. The van der Waals surface area contributed by atoms with E-state index in [1.54, 1.807) is 0 Å². The quantitative estimate of drug-likeness (QED) is 0.602. The predicted molar refractivity (Wildman–Crippen MR) is 61.9 cm³/mol. The van der Waals surface area contributed by atoms with E-state index < -0.39 is 0 Å². The SMILES string of the molecule is C1=CCC2=CCc3ccccc3[N]C2=C1. The average molecular weight is 194 g/mol. The van der Waals surface area contributed by atoms with E-state index in [0.717, 1.165) is 24.2 Å². The Bertz CT molecular complexity index is 478. The summed E-state index contributed by atoms with van der Waals surface area (Å²) in [5.74, 6) is 0. The molecule has 15 heavy (non-hydrogen) atoms. The average Bonchev–Trinajstić information content (AvgIpc) is 2.48. The minimum atomic E-state index is 1.00. The maximum Gasteiger partial charge on any atom is 0.0672 e. The van der Waals surface area contributed by atoms with E-state index in [4.69, 9.17) is 5.32 Å². The molecular formula is C14H12N. The molecule has 0 spiro atoms. The first-order chi connectivity index (χ1) is 7.43. The van der Waals surface area contributed by atoms with E-state index >= 15 is 0 Å². The van der Waals surface area contributed by atoms with Gasteiger partial charge in [-0.3, -0.25) is 0 Å². The fourth-order valence-corrected chi connectivity index (χ4v) is 2.02. The van der Waals surface area contributed by atoms with Crippen molar-refractivity contribution in [2.75, 3.05) is 0 Å². The lowest BCUT2D eigenvalue weighted by molar-refractivity contribution is 1.02. The second-order valence-electron chi connectivity index (χ2n) is 3.86. The smallest absolute Gasteiger partial charge is 0.0672 e. The van der Waals surface area contributed by atoms with Crippen LogP contribution in [0.2, 0.25) is 0 Å². The number of benzene rings is 1. The van der Waals surface area contributed by atoms with E-state index in [2.05, 4.69) is 42.5 Å². The molecule has 1 aromatic carbocycles. The molecule has 1 radical (unpaired) electrons. The Kier molecular flexibility index (Phi) is 1.95. The Hall–Kier alpha value is -1.76. The number of allylic oxidation sites excluding steroid dienone is 5. The molecule has 0 atom stereocenters. The van der Waals surface area contributed by atoms with Crippen LogP contribution in [0.15, 0.2) is 59.8 Å². The fourth-order valence-electron chi connectivity index (χ4n) is 2.02. The standard InChI is InChI=1S/C14H12N/c1-3-7-13-11(5-1)9-10-12-6-2-4-8-14(12)15-13/h1-5,7-8,10H,6,9H2. The van der Waals surface area contributed by atoms with Gasteiger partial charge in [0.2, 0.25) is 0 Å². The molecule has 0 aromatic heterocycles. The third-order valence-corrected chi connectivity index (χ3v) is 2.86. The van der Waals surface area contributed by atoms with Gasteiger partial charge >= 0.3 is 0 Å². The summed E-state index contributed by atoms with van der Waals surface area (Å²) in [5, 5.41) is 4.70. The van der Waals surface area contributed by atoms with Gasteiger partial charge in [-0.15, -0.1) is 0 Å². The van der Waals surface area contributed by atoms with Crippen LogP contribution in [0.4, 0.5) is 5.69 Å². The lowest BCUT2D eigenvalue weighted by Crippen LogP contribution is -2.02. The van der Waals surface area contributed by atoms with Gasteiger partial charge in [-0.25, -0.2) is 5.32 Å². The van der Waals surface area contributed by atoms with Gasteiger partial charge in [0.05, 0.1) is 11.4 Å². The first-order valence-corrected chi connectivity index (χ1v) is 5.29. The van der Waals surface area contributed by atoms with E-state index in [9.17, 15) is 0 Å². The van der Waals surface area contributed by atoms with Crippen molar-refractivity contribution in [3.8, 4) is 0 Å². The van der Waals surface area contributed by atoms with Crippen LogP contribution in [-0.2, 0) is 6.42 Å². The second-order valence-corrected chi connectivity index (χ2v) is 3.86. The van der Waals surface area contributed by atoms with E-state index in [1.165, 1.54) is 11.1 Å². The summed E-state index contributed by atoms with van der Waals surface area (Å²) in [4.78, 5) is 0. The molecule has 1 aliphatic carbocycles. The molecule has 1 nitrogen and oxygen atoms in total. The van der Waals surface area contributed by atoms with E-state index in [0.29, 0.717) is 0 Å². The van der Waals surface area contributed by atoms with Crippen LogP contribution in [-0.4, -0.2) is 0 Å². The topological polar surface area (TPSA) is 14.1 Å². The molecule has 1 heteroatoms. The Labute approximate surface area is 89.8 Å².